The van der Waals surface area contributed by atoms with Gasteiger partial charge in [0.1, 0.15) is 5.82 Å². The van der Waals surface area contributed by atoms with Crippen LogP contribution in [0.2, 0.25) is 5.02 Å². The number of hydrogen-bond donors (Lipinski definition) is 1. The first-order valence-corrected chi connectivity index (χ1v) is 6.68. The Morgan fingerprint density at radius 1 is 1.55 bits per heavy atom. The zero-order chi connectivity index (χ0) is 14.5. The molecule has 0 spiro atoms. The summed E-state index contributed by atoms with van der Waals surface area (Å²) in [6, 6.07) is 3.17. The van der Waals surface area contributed by atoms with Crippen LogP contribution in [-0.4, -0.2) is 35.7 Å². The van der Waals surface area contributed by atoms with Crippen LogP contribution in [0.15, 0.2) is 18.3 Å². The molecule has 2 rings (SSSR count). The molecule has 1 amide bonds. The molecule has 0 saturated carbocycles. The van der Waals surface area contributed by atoms with Gasteiger partial charge < -0.3 is 14.8 Å². The molecule has 1 N–H and O–H groups in total. The third kappa shape index (κ3) is 3.91. The number of aromatic nitrogens is 1. The number of halogens is 1. The average molecular weight is 299 g/mol. The molecule has 1 aliphatic heterocycles. The van der Waals surface area contributed by atoms with Gasteiger partial charge in [-0.2, -0.15) is 0 Å². The quantitative estimate of drug-likeness (QED) is 0.857. The van der Waals surface area contributed by atoms with Gasteiger partial charge in [-0.05, 0) is 31.9 Å². The molecule has 108 valence electrons. The molecule has 20 heavy (non-hydrogen) atoms. The zero-order valence-corrected chi connectivity index (χ0v) is 11.7. The SMILES string of the molecule is C[C@@H](OC(=O)[C@H]1CCCO1)C(=O)Nc1ccc(Cl)cn1. The van der Waals surface area contributed by atoms with E-state index in [0.717, 1.165) is 6.42 Å². The Kier molecular flexibility index (Phi) is 4.92. The number of nitrogens with zero attached hydrogens (tertiary/aromatic N) is 1. The topological polar surface area (TPSA) is 77.5 Å². The van der Waals surface area contributed by atoms with E-state index in [4.69, 9.17) is 21.1 Å². The van der Waals surface area contributed by atoms with Crippen LogP contribution in [0.3, 0.4) is 0 Å². The summed E-state index contributed by atoms with van der Waals surface area (Å²) in [6.07, 6.45) is 1.41. The van der Waals surface area contributed by atoms with Crippen LogP contribution in [-0.2, 0) is 19.1 Å². The molecular weight excluding hydrogens is 284 g/mol. The van der Waals surface area contributed by atoms with Crippen LogP contribution < -0.4 is 5.32 Å². The number of pyridine rings is 1. The Morgan fingerprint density at radius 3 is 2.95 bits per heavy atom. The van der Waals surface area contributed by atoms with E-state index < -0.39 is 24.1 Å². The molecule has 0 aromatic carbocycles. The number of nitrogens with one attached hydrogen (secondary N) is 1. The van der Waals surface area contributed by atoms with Crippen LogP contribution in [0.1, 0.15) is 19.8 Å². The van der Waals surface area contributed by atoms with E-state index in [0.29, 0.717) is 23.9 Å². The third-order valence-electron chi connectivity index (χ3n) is 2.83. The van der Waals surface area contributed by atoms with Gasteiger partial charge in [-0.1, -0.05) is 11.6 Å². The predicted molar refractivity (Wildman–Crippen MR) is 72.4 cm³/mol. The van der Waals surface area contributed by atoms with E-state index in [1.54, 1.807) is 12.1 Å². The third-order valence-corrected chi connectivity index (χ3v) is 3.06. The van der Waals surface area contributed by atoms with Crippen LogP contribution in [0.25, 0.3) is 0 Å². The summed E-state index contributed by atoms with van der Waals surface area (Å²) < 4.78 is 10.3. The van der Waals surface area contributed by atoms with Gasteiger partial charge in [0.05, 0.1) is 5.02 Å². The fourth-order valence-electron chi connectivity index (χ4n) is 1.74. The van der Waals surface area contributed by atoms with E-state index in [1.165, 1.54) is 13.1 Å². The van der Waals surface area contributed by atoms with Crippen LogP contribution in [0.4, 0.5) is 5.82 Å². The van der Waals surface area contributed by atoms with E-state index >= 15 is 0 Å². The molecule has 1 saturated heterocycles. The van der Waals surface area contributed by atoms with E-state index in [1.807, 2.05) is 0 Å². The van der Waals surface area contributed by atoms with E-state index in [2.05, 4.69) is 10.3 Å². The lowest BCUT2D eigenvalue weighted by molar-refractivity contribution is -0.162. The number of carbonyl (C=O) groups is 2. The summed E-state index contributed by atoms with van der Waals surface area (Å²) in [7, 11) is 0. The Labute approximate surface area is 121 Å². The van der Waals surface area contributed by atoms with Gasteiger partial charge in [-0.25, -0.2) is 9.78 Å². The minimum Gasteiger partial charge on any atom is -0.451 e. The summed E-state index contributed by atoms with van der Waals surface area (Å²) in [5.74, 6) is -0.611. The lowest BCUT2D eigenvalue weighted by atomic mass is 10.2. The highest BCUT2D eigenvalue weighted by atomic mass is 35.5. The van der Waals surface area contributed by atoms with Gasteiger partial charge in [0.25, 0.3) is 5.91 Å². The van der Waals surface area contributed by atoms with Gasteiger partial charge in [-0.15, -0.1) is 0 Å². The molecule has 0 bridgehead atoms. The average Bonchev–Trinajstić information content (AvgIpc) is 2.95. The Bertz CT molecular complexity index is 486. The molecule has 0 unspecified atom stereocenters. The van der Waals surface area contributed by atoms with Crippen LogP contribution >= 0.6 is 11.6 Å². The second-order valence-electron chi connectivity index (χ2n) is 4.43. The van der Waals surface area contributed by atoms with Gasteiger partial charge >= 0.3 is 5.97 Å². The van der Waals surface area contributed by atoms with Crippen molar-refractivity contribution in [2.45, 2.75) is 32.0 Å². The number of rotatable bonds is 4. The van der Waals surface area contributed by atoms with Gasteiger partial charge in [-0.3, -0.25) is 4.79 Å². The molecule has 0 aliphatic carbocycles. The second-order valence-corrected chi connectivity index (χ2v) is 4.87. The maximum Gasteiger partial charge on any atom is 0.336 e. The van der Waals surface area contributed by atoms with E-state index in [9.17, 15) is 9.59 Å². The van der Waals surface area contributed by atoms with Gasteiger partial charge in [0, 0.05) is 12.8 Å². The summed E-state index contributed by atoms with van der Waals surface area (Å²) in [4.78, 5) is 27.5. The smallest absolute Gasteiger partial charge is 0.336 e. The number of anilines is 1. The summed E-state index contributed by atoms with van der Waals surface area (Å²) >= 11 is 5.69. The summed E-state index contributed by atoms with van der Waals surface area (Å²) in [6.45, 7) is 2.05. The maximum atomic E-state index is 11.8. The van der Waals surface area contributed by atoms with Crippen molar-refractivity contribution in [3.05, 3.63) is 23.4 Å². The molecule has 1 aliphatic rings. The number of carbonyl (C=O) groups excluding carboxylic acids is 2. The standard InChI is InChI=1S/C13H15ClN2O4/c1-8(20-13(18)10-3-2-6-19-10)12(17)16-11-5-4-9(14)7-15-11/h4-5,7-8,10H,2-3,6H2,1H3,(H,15,16,17)/t8-,10-/m1/s1. The van der Waals surface area contributed by atoms with Crippen molar-refractivity contribution < 1.29 is 19.1 Å². The summed E-state index contributed by atoms with van der Waals surface area (Å²) in [5.41, 5.74) is 0. The van der Waals surface area contributed by atoms with Crippen molar-refractivity contribution in [2.24, 2.45) is 0 Å². The highest BCUT2D eigenvalue weighted by Gasteiger charge is 2.28. The first-order chi connectivity index (χ1) is 9.56. The van der Waals surface area contributed by atoms with Crippen molar-refractivity contribution in [3.8, 4) is 0 Å². The fraction of sp³-hybridized carbons (Fsp3) is 0.462. The second kappa shape index (κ2) is 6.67. The Balaban J connectivity index is 1.85. The van der Waals surface area contributed by atoms with Crippen molar-refractivity contribution in [1.82, 2.24) is 4.98 Å². The molecular formula is C13H15ClN2O4. The normalized spacial score (nSPS) is 19.4. The Morgan fingerprint density at radius 2 is 2.35 bits per heavy atom. The fourth-order valence-corrected chi connectivity index (χ4v) is 1.86. The van der Waals surface area contributed by atoms with Gasteiger partial charge in [0.15, 0.2) is 12.2 Å². The maximum absolute atomic E-state index is 11.8. The number of amides is 1. The lowest BCUT2D eigenvalue weighted by Gasteiger charge is -2.15. The molecule has 7 heteroatoms. The Hall–Kier alpha value is -1.66. The monoisotopic (exact) mass is 298 g/mol. The largest absolute Gasteiger partial charge is 0.451 e. The van der Waals surface area contributed by atoms with Crippen molar-refractivity contribution in [1.29, 1.82) is 0 Å². The number of ether oxygens (including phenoxy) is 2. The van der Waals surface area contributed by atoms with Crippen LogP contribution in [0.5, 0.6) is 0 Å². The van der Waals surface area contributed by atoms with E-state index in [-0.39, 0.29) is 0 Å². The van der Waals surface area contributed by atoms with Crippen molar-refractivity contribution >= 4 is 29.3 Å². The molecule has 2 heterocycles. The minimum absolute atomic E-state index is 0.347. The predicted octanol–water partition coefficient (Wildman–Crippen LogP) is 1.78. The number of esters is 1. The molecule has 0 radical (unpaired) electrons. The highest BCUT2D eigenvalue weighted by molar-refractivity contribution is 6.30. The zero-order valence-electron chi connectivity index (χ0n) is 11.0. The lowest BCUT2D eigenvalue weighted by Crippen LogP contribution is -2.34. The number of hydrogen-bond acceptors (Lipinski definition) is 5. The molecule has 1 fully saturated rings. The summed E-state index contributed by atoms with van der Waals surface area (Å²) in [5, 5.41) is 3.01. The van der Waals surface area contributed by atoms with Crippen LogP contribution in [0, 0.1) is 0 Å². The first-order valence-electron chi connectivity index (χ1n) is 6.31. The minimum atomic E-state index is -0.913. The van der Waals surface area contributed by atoms with Crippen molar-refractivity contribution in [2.75, 3.05) is 11.9 Å². The van der Waals surface area contributed by atoms with Crippen molar-refractivity contribution in [3.63, 3.8) is 0 Å². The highest BCUT2D eigenvalue weighted by Crippen LogP contribution is 2.15. The molecule has 2 atom stereocenters. The van der Waals surface area contributed by atoms with Gasteiger partial charge in [0.2, 0.25) is 0 Å². The molecule has 1 aromatic heterocycles. The molecule has 6 nitrogen and oxygen atoms in total. The molecule has 1 aromatic rings. The first kappa shape index (κ1) is 14.7.